The highest BCUT2D eigenvalue weighted by atomic mass is 16.4. The molecule has 0 saturated carbocycles. The van der Waals surface area contributed by atoms with Gasteiger partial charge in [0.25, 0.3) is 5.91 Å². The molecule has 1 aromatic heterocycles. The Kier molecular flexibility index (Phi) is 4.75. The monoisotopic (exact) mass is 239 g/mol. The fraction of sp³-hybridized carbons (Fsp3) is 0.500. The summed E-state index contributed by atoms with van der Waals surface area (Å²) >= 11 is 0. The second kappa shape index (κ2) is 6.08. The number of hydrogen-bond acceptors (Lipinski definition) is 3. The Labute approximate surface area is 100 Å². The average Bonchev–Trinajstić information content (AvgIpc) is 2.77. The van der Waals surface area contributed by atoms with E-state index in [1.165, 1.54) is 4.90 Å². The largest absolute Gasteiger partial charge is 0.481 e. The highest BCUT2D eigenvalue weighted by Crippen LogP contribution is 2.11. The first kappa shape index (κ1) is 13.3. The van der Waals surface area contributed by atoms with Crippen molar-refractivity contribution in [3.8, 4) is 0 Å². The maximum Gasteiger partial charge on any atom is 0.305 e. The quantitative estimate of drug-likeness (QED) is 0.821. The molecule has 0 bridgehead atoms. The van der Waals surface area contributed by atoms with Crippen LogP contribution in [0, 0.1) is 0 Å². The van der Waals surface area contributed by atoms with Gasteiger partial charge in [-0.2, -0.15) is 0 Å². The van der Waals surface area contributed by atoms with Crippen LogP contribution in [0.2, 0.25) is 0 Å². The molecule has 0 aliphatic heterocycles. The van der Waals surface area contributed by atoms with Gasteiger partial charge < -0.3 is 14.4 Å². The predicted octanol–water partition coefficient (Wildman–Crippen LogP) is 1.78. The lowest BCUT2D eigenvalue weighted by atomic mass is 10.3. The molecule has 0 spiro atoms. The normalized spacial score (nSPS) is 10.2. The number of carboxylic acids is 1. The molecular weight excluding hydrogens is 222 g/mol. The second-order valence-electron chi connectivity index (χ2n) is 3.65. The van der Waals surface area contributed by atoms with E-state index in [1.54, 1.807) is 12.1 Å². The second-order valence-corrected chi connectivity index (χ2v) is 3.65. The molecule has 0 saturated heterocycles. The highest BCUT2D eigenvalue weighted by molar-refractivity contribution is 5.91. The minimum atomic E-state index is -0.912. The summed E-state index contributed by atoms with van der Waals surface area (Å²) in [5.74, 6) is -0.143. The topological polar surface area (TPSA) is 70.8 Å². The van der Waals surface area contributed by atoms with E-state index < -0.39 is 5.97 Å². The van der Waals surface area contributed by atoms with E-state index >= 15 is 0 Å². The van der Waals surface area contributed by atoms with Crippen LogP contribution in [0.4, 0.5) is 0 Å². The zero-order valence-corrected chi connectivity index (χ0v) is 10.1. The van der Waals surface area contributed by atoms with E-state index in [0.29, 0.717) is 6.54 Å². The molecule has 0 fully saturated rings. The number of carboxylic acid groups (broad SMARTS) is 1. The highest BCUT2D eigenvalue weighted by Gasteiger charge is 2.18. The van der Waals surface area contributed by atoms with Gasteiger partial charge in [0.15, 0.2) is 5.76 Å². The fourth-order valence-electron chi connectivity index (χ4n) is 1.47. The van der Waals surface area contributed by atoms with Crippen LogP contribution >= 0.6 is 0 Å². The van der Waals surface area contributed by atoms with E-state index in [2.05, 4.69) is 0 Å². The van der Waals surface area contributed by atoms with Crippen LogP contribution in [0.25, 0.3) is 0 Å². The van der Waals surface area contributed by atoms with E-state index in [0.717, 1.165) is 12.2 Å². The number of carbonyl (C=O) groups is 2. The molecule has 0 aromatic carbocycles. The summed E-state index contributed by atoms with van der Waals surface area (Å²) in [7, 11) is 0. The number of amides is 1. The van der Waals surface area contributed by atoms with Gasteiger partial charge in [-0.15, -0.1) is 0 Å². The molecule has 1 amide bonds. The van der Waals surface area contributed by atoms with Crippen LogP contribution in [0.3, 0.4) is 0 Å². The van der Waals surface area contributed by atoms with Crippen LogP contribution in [0.5, 0.6) is 0 Å². The standard InChI is InChI=1S/C12H17NO4/c1-3-9-5-6-10(17-9)12(16)13(4-2)8-7-11(14)15/h5-6H,3-4,7-8H2,1-2H3,(H,14,15). The SMILES string of the molecule is CCc1ccc(C(=O)N(CC)CCC(=O)O)o1. The van der Waals surface area contributed by atoms with Crippen molar-refractivity contribution in [2.45, 2.75) is 26.7 Å². The Bertz CT molecular complexity index is 397. The van der Waals surface area contributed by atoms with E-state index in [-0.39, 0.29) is 24.6 Å². The molecule has 0 radical (unpaired) electrons. The third-order valence-corrected chi connectivity index (χ3v) is 2.49. The Morgan fingerprint density at radius 2 is 2.06 bits per heavy atom. The fourth-order valence-corrected chi connectivity index (χ4v) is 1.47. The average molecular weight is 239 g/mol. The van der Waals surface area contributed by atoms with Crippen LogP contribution in [0.1, 0.15) is 36.6 Å². The van der Waals surface area contributed by atoms with Gasteiger partial charge in [0, 0.05) is 19.5 Å². The molecule has 0 aliphatic carbocycles. The molecule has 1 rings (SSSR count). The van der Waals surface area contributed by atoms with Gasteiger partial charge in [-0.05, 0) is 19.1 Å². The summed E-state index contributed by atoms with van der Waals surface area (Å²) in [6, 6.07) is 3.39. The van der Waals surface area contributed by atoms with Gasteiger partial charge in [-0.1, -0.05) is 6.92 Å². The molecule has 1 heterocycles. The third kappa shape index (κ3) is 3.62. The van der Waals surface area contributed by atoms with Crippen LogP contribution in [-0.2, 0) is 11.2 Å². The van der Waals surface area contributed by atoms with Gasteiger partial charge in [0.05, 0.1) is 6.42 Å². The van der Waals surface area contributed by atoms with Gasteiger partial charge in [0.2, 0.25) is 0 Å². The van der Waals surface area contributed by atoms with Gasteiger partial charge in [-0.25, -0.2) is 0 Å². The molecule has 1 aromatic rings. The number of rotatable bonds is 6. The molecule has 0 atom stereocenters. The van der Waals surface area contributed by atoms with Crippen LogP contribution in [0.15, 0.2) is 16.5 Å². The Balaban J connectivity index is 2.68. The molecule has 0 aliphatic rings. The van der Waals surface area contributed by atoms with E-state index in [4.69, 9.17) is 9.52 Å². The van der Waals surface area contributed by atoms with Crippen molar-refractivity contribution in [1.29, 1.82) is 0 Å². The zero-order valence-electron chi connectivity index (χ0n) is 10.1. The molecule has 5 nitrogen and oxygen atoms in total. The van der Waals surface area contributed by atoms with Crippen LogP contribution in [-0.4, -0.2) is 35.0 Å². The maximum absolute atomic E-state index is 12.0. The lowest BCUT2D eigenvalue weighted by Crippen LogP contribution is -2.32. The Morgan fingerprint density at radius 1 is 1.35 bits per heavy atom. The van der Waals surface area contributed by atoms with Crippen molar-refractivity contribution in [1.82, 2.24) is 4.90 Å². The van der Waals surface area contributed by atoms with Crippen molar-refractivity contribution < 1.29 is 19.1 Å². The number of aliphatic carboxylic acids is 1. The van der Waals surface area contributed by atoms with Crippen molar-refractivity contribution >= 4 is 11.9 Å². The van der Waals surface area contributed by atoms with E-state index in [1.807, 2.05) is 13.8 Å². The summed E-state index contributed by atoms with van der Waals surface area (Å²) < 4.78 is 5.35. The Morgan fingerprint density at radius 3 is 2.53 bits per heavy atom. The number of hydrogen-bond donors (Lipinski definition) is 1. The van der Waals surface area contributed by atoms with Crippen molar-refractivity contribution in [2.75, 3.05) is 13.1 Å². The predicted molar refractivity (Wildman–Crippen MR) is 61.9 cm³/mol. The van der Waals surface area contributed by atoms with E-state index in [9.17, 15) is 9.59 Å². The number of carbonyl (C=O) groups excluding carboxylic acids is 1. The lowest BCUT2D eigenvalue weighted by molar-refractivity contribution is -0.137. The summed E-state index contributed by atoms with van der Waals surface area (Å²) in [4.78, 5) is 23.9. The number of nitrogens with zero attached hydrogens (tertiary/aromatic N) is 1. The van der Waals surface area contributed by atoms with Crippen molar-refractivity contribution in [3.63, 3.8) is 0 Å². The van der Waals surface area contributed by atoms with Gasteiger partial charge in [-0.3, -0.25) is 9.59 Å². The first-order valence-electron chi connectivity index (χ1n) is 5.68. The molecule has 1 N–H and O–H groups in total. The maximum atomic E-state index is 12.0. The Hall–Kier alpha value is -1.78. The lowest BCUT2D eigenvalue weighted by Gasteiger charge is -2.18. The molecule has 94 valence electrons. The molecular formula is C12H17NO4. The number of aryl methyl sites for hydroxylation is 1. The molecule has 17 heavy (non-hydrogen) atoms. The minimum absolute atomic E-state index is 0.0546. The third-order valence-electron chi connectivity index (χ3n) is 2.49. The van der Waals surface area contributed by atoms with Gasteiger partial charge in [0.1, 0.15) is 5.76 Å². The summed E-state index contributed by atoms with van der Waals surface area (Å²) in [6.07, 6.45) is 0.676. The zero-order chi connectivity index (χ0) is 12.8. The van der Waals surface area contributed by atoms with Crippen molar-refractivity contribution in [2.24, 2.45) is 0 Å². The van der Waals surface area contributed by atoms with Crippen LogP contribution < -0.4 is 0 Å². The first-order valence-corrected chi connectivity index (χ1v) is 5.68. The summed E-state index contributed by atoms with van der Waals surface area (Å²) in [5, 5.41) is 8.59. The number of furan rings is 1. The molecule has 5 heteroatoms. The van der Waals surface area contributed by atoms with Crippen molar-refractivity contribution in [3.05, 3.63) is 23.7 Å². The minimum Gasteiger partial charge on any atom is -0.481 e. The summed E-state index contributed by atoms with van der Waals surface area (Å²) in [6.45, 7) is 4.42. The summed E-state index contributed by atoms with van der Waals surface area (Å²) in [5.41, 5.74) is 0. The first-order chi connectivity index (χ1) is 8.08. The van der Waals surface area contributed by atoms with Gasteiger partial charge >= 0.3 is 5.97 Å². The molecule has 0 unspecified atom stereocenters. The smallest absolute Gasteiger partial charge is 0.305 e.